The normalized spacial score (nSPS) is 19.7. The topological polar surface area (TPSA) is 93.4 Å². The quantitative estimate of drug-likeness (QED) is 0.901. The van der Waals surface area contributed by atoms with Crippen LogP contribution in [0, 0.1) is 13.8 Å². The molecule has 0 radical (unpaired) electrons. The molecule has 1 atom stereocenters. The fourth-order valence-electron chi connectivity index (χ4n) is 2.55. The Morgan fingerprint density at radius 3 is 2.71 bits per heavy atom. The van der Waals surface area contributed by atoms with E-state index in [-0.39, 0.29) is 18.9 Å². The van der Waals surface area contributed by atoms with Crippen molar-refractivity contribution in [1.82, 2.24) is 4.98 Å². The lowest BCUT2D eigenvalue weighted by molar-refractivity contribution is -0.117. The van der Waals surface area contributed by atoms with Crippen molar-refractivity contribution in [1.29, 1.82) is 0 Å². The Balaban J connectivity index is 2.02. The van der Waals surface area contributed by atoms with Gasteiger partial charge in [-0.1, -0.05) is 17.4 Å². The third-order valence-electron chi connectivity index (χ3n) is 3.60. The number of anilines is 1. The summed E-state index contributed by atoms with van der Waals surface area (Å²) in [7, 11) is -3.71. The van der Waals surface area contributed by atoms with E-state index >= 15 is 0 Å². The van der Waals surface area contributed by atoms with E-state index in [1.54, 1.807) is 0 Å². The van der Waals surface area contributed by atoms with Crippen LogP contribution in [0.2, 0.25) is 0 Å². The molecular formula is C13H15N3O3S2. The first kappa shape index (κ1) is 14.4. The second-order valence-electron chi connectivity index (χ2n) is 5.34. The number of aromatic nitrogens is 1. The highest BCUT2D eigenvalue weighted by Gasteiger charge is 2.38. The zero-order valence-corrected chi connectivity index (χ0v) is 13.3. The Morgan fingerprint density at radius 2 is 2.10 bits per heavy atom. The van der Waals surface area contributed by atoms with Crippen molar-refractivity contribution >= 4 is 42.6 Å². The number of benzene rings is 1. The smallest absolute Gasteiger partial charge is 0.230 e. The molecule has 0 saturated carbocycles. The van der Waals surface area contributed by atoms with E-state index in [0.717, 1.165) is 21.3 Å². The molecule has 0 aliphatic carbocycles. The van der Waals surface area contributed by atoms with Crippen LogP contribution in [-0.2, 0) is 14.8 Å². The first-order chi connectivity index (χ1) is 9.75. The summed E-state index contributed by atoms with van der Waals surface area (Å²) >= 11 is 1.40. The predicted molar refractivity (Wildman–Crippen MR) is 83.0 cm³/mol. The van der Waals surface area contributed by atoms with Crippen LogP contribution >= 0.6 is 11.3 Å². The lowest BCUT2D eigenvalue weighted by Crippen LogP contribution is -2.32. The largest absolute Gasteiger partial charge is 0.287 e. The molecule has 1 aromatic carbocycles. The molecule has 3 rings (SSSR count). The van der Waals surface area contributed by atoms with Crippen LogP contribution in [0.3, 0.4) is 0 Å². The van der Waals surface area contributed by atoms with E-state index in [0.29, 0.717) is 5.13 Å². The summed E-state index contributed by atoms with van der Waals surface area (Å²) in [5.41, 5.74) is 3.03. The third kappa shape index (κ3) is 2.54. The van der Waals surface area contributed by atoms with Crippen molar-refractivity contribution in [2.75, 3.05) is 11.4 Å². The van der Waals surface area contributed by atoms with Crippen molar-refractivity contribution in [3.05, 3.63) is 23.3 Å². The molecule has 1 amide bonds. The maximum Gasteiger partial charge on any atom is 0.230 e. The van der Waals surface area contributed by atoms with Crippen LogP contribution in [0.1, 0.15) is 17.5 Å². The summed E-state index contributed by atoms with van der Waals surface area (Å²) in [6.45, 7) is 4.05. The number of thiazole rings is 1. The molecule has 0 spiro atoms. The summed E-state index contributed by atoms with van der Waals surface area (Å²) < 4.78 is 23.8. The molecule has 1 unspecified atom stereocenters. The van der Waals surface area contributed by atoms with Gasteiger partial charge in [-0.25, -0.2) is 18.5 Å². The minimum atomic E-state index is -3.71. The summed E-state index contributed by atoms with van der Waals surface area (Å²) in [5.74, 6) is -0.248. The number of carbonyl (C=O) groups is 1. The maximum atomic E-state index is 12.0. The van der Waals surface area contributed by atoms with Gasteiger partial charge < -0.3 is 0 Å². The number of nitrogens with two attached hydrogens (primary N) is 1. The number of hydrogen-bond acceptors (Lipinski definition) is 5. The minimum absolute atomic E-state index is 0.0766. The van der Waals surface area contributed by atoms with Crippen LogP contribution in [-0.4, -0.2) is 31.1 Å². The van der Waals surface area contributed by atoms with E-state index in [2.05, 4.69) is 4.98 Å². The molecule has 0 bridgehead atoms. The van der Waals surface area contributed by atoms with Crippen molar-refractivity contribution in [2.24, 2.45) is 5.14 Å². The predicted octanol–water partition coefficient (Wildman–Crippen LogP) is 1.31. The Kier molecular flexibility index (Phi) is 3.27. The molecular weight excluding hydrogens is 310 g/mol. The van der Waals surface area contributed by atoms with Gasteiger partial charge in [0, 0.05) is 13.0 Å². The lowest BCUT2D eigenvalue weighted by Gasteiger charge is -2.11. The number of rotatable bonds is 2. The van der Waals surface area contributed by atoms with E-state index in [4.69, 9.17) is 5.14 Å². The van der Waals surface area contributed by atoms with Crippen molar-refractivity contribution in [2.45, 2.75) is 25.5 Å². The third-order valence-corrected chi connectivity index (χ3v) is 5.87. The van der Waals surface area contributed by atoms with Gasteiger partial charge in [0.15, 0.2) is 5.13 Å². The van der Waals surface area contributed by atoms with Crippen molar-refractivity contribution in [3.63, 3.8) is 0 Å². The van der Waals surface area contributed by atoms with Gasteiger partial charge in [-0.3, -0.25) is 9.69 Å². The molecule has 1 aliphatic heterocycles. The Bertz CT molecular complexity index is 842. The van der Waals surface area contributed by atoms with Crippen LogP contribution in [0.5, 0.6) is 0 Å². The van der Waals surface area contributed by atoms with E-state index in [1.807, 2.05) is 26.0 Å². The monoisotopic (exact) mass is 325 g/mol. The highest BCUT2D eigenvalue weighted by Crippen LogP contribution is 2.34. The van der Waals surface area contributed by atoms with E-state index in [1.165, 1.54) is 16.2 Å². The van der Waals surface area contributed by atoms with Crippen LogP contribution in [0.4, 0.5) is 5.13 Å². The zero-order chi connectivity index (χ0) is 15.4. The molecule has 1 aliphatic rings. The maximum absolute atomic E-state index is 12.0. The SMILES string of the molecule is Cc1cc(C)c2nc(N3CC(S(N)(=O)=O)CC3=O)sc2c1. The van der Waals surface area contributed by atoms with Gasteiger partial charge >= 0.3 is 0 Å². The van der Waals surface area contributed by atoms with Gasteiger partial charge in [0.2, 0.25) is 15.9 Å². The van der Waals surface area contributed by atoms with Gasteiger partial charge in [-0.05, 0) is 31.0 Å². The fourth-order valence-corrected chi connectivity index (χ4v) is 4.45. The van der Waals surface area contributed by atoms with Crippen molar-refractivity contribution in [3.8, 4) is 0 Å². The standard InChI is InChI=1S/C13H15N3O3S2/c1-7-3-8(2)12-10(4-7)20-13(15-12)16-6-9(5-11(16)17)21(14,18)19/h3-4,9H,5-6H2,1-2H3,(H2,14,18,19). The van der Waals surface area contributed by atoms with Gasteiger partial charge in [-0.15, -0.1) is 0 Å². The number of fused-ring (bicyclic) bond motifs is 1. The zero-order valence-electron chi connectivity index (χ0n) is 11.7. The summed E-state index contributed by atoms with van der Waals surface area (Å²) in [4.78, 5) is 17.9. The highest BCUT2D eigenvalue weighted by atomic mass is 32.2. The van der Waals surface area contributed by atoms with Crippen LogP contribution < -0.4 is 10.0 Å². The molecule has 112 valence electrons. The molecule has 21 heavy (non-hydrogen) atoms. The summed E-state index contributed by atoms with van der Waals surface area (Å²) in [5, 5.41) is 4.83. The van der Waals surface area contributed by atoms with E-state index in [9.17, 15) is 13.2 Å². The number of amides is 1. The lowest BCUT2D eigenvalue weighted by atomic mass is 10.1. The second-order valence-corrected chi connectivity index (χ2v) is 8.20. The minimum Gasteiger partial charge on any atom is -0.287 e. The first-order valence-corrected chi connectivity index (χ1v) is 8.88. The first-order valence-electron chi connectivity index (χ1n) is 6.45. The van der Waals surface area contributed by atoms with Crippen LogP contribution in [0.15, 0.2) is 12.1 Å². The molecule has 1 saturated heterocycles. The summed E-state index contributed by atoms with van der Waals surface area (Å²) in [6.07, 6.45) is -0.0766. The molecule has 1 aromatic heterocycles. The van der Waals surface area contributed by atoms with Gasteiger partial charge in [0.25, 0.3) is 0 Å². The number of carbonyl (C=O) groups excluding carboxylic acids is 1. The van der Waals surface area contributed by atoms with Crippen LogP contribution in [0.25, 0.3) is 10.2 Å². The second kappa shape index (κ2) is 4.75. The number of aryl methyl sites for hydroxylation is 2. The Morgan fingerprint density at radius 1 is 1.38 bits per heavy atom. The van der Waals surface area contributed by atoms with Gasteiger partial charge in [0.1, 0.15) is 5.25 Å². The number of hydrogen-bond donors (Lipinski definition) is 1. The molecule has 1 fully saturated rings. The van der Waals surface area contributed by atoms with E-state index < -0.39 is 15.3 Å². The Hall–Kier alpha value is -1.51. The average molecular weight is 325 g/mol. The molecule has 2 N–H and O–H groups in total. The Labute approximate surface area is 126 Å². The number of nitrogens with zero attached hydrogens (tertiary/aromatic N) is 2. The summed E-state index contributed by atoms with van der Waals surface area (Å²) in [6, 6.07) is 4.05. The average Bonchev–Trinajstić information content (AvgIpc) is 2.91. The number of sulfonamides is 1. The molecule has 2 heterocycles. The molecule has 2 aromatic rings. The van der Waals surface area contributed by atoms with Crippen molar-refractivity contribution < 1.29 is 13.2 Å². The fraction of sp³-hybridized carbons (Fsp3) is 0.385. The molecule has 6 nitrogen and oxygen atoms in total. The van der Waals surface area contributed by atoms with Gasteiger partial charge in [-0.2, -0.15) is 0 Å². The highest BCUT2D eigenvalue weighted by molar-refractivity contribution is 7.89. The number of primary sulfonamides is 1. The van der Waals surface area contributed by atoms with Gasteiger partial charge in [0.05, 0.1) is 10.2 Å². The molecule has 8 heteroatoms.